The molecule has 0 saturated heterocycles. The molecule has 0 saturated carbocycles. The zero-order chi connectivity index (χ0) is 17.4. The molecule has 1 aliphatic rings. The van der Waals surface area contributed by atoms with E-state index in [0.717, 1.165) is 16.5 Å². The molecule has 0 aromatic heterocycles. The Balaban J connectivity index is 1.86. The first-order chi connectivity index (χ1) is 12.2. The van der Waals surface area contributed by atoms with E-state index in [1.165, 1.54) is 0 Å². The van der Waals surface area contributed by atoms with Crippen LogP contribution in [0.3, 0.4) is 0 Å². The van der Waals surface area contributed by atoms with E-state index < -0.39 is 0 Å². The molecule has 0 spiro atoms. The summed E-state index contributed by atoms with van der Waals surface area (Å²) in [5.74, 6) is 1.89. The standard InChI is InChI=1S/C20H17N3O2/c1-13-21-22-20(17-11-10-15(25-2)12-19(17)24)23(13)18-9-5-7-14-6-3-4-8-16(14)18/h3-12,21,24H,1H2,2H3. The van der Waals surface area contributed by atoms with Gasteiger partial charge in [-0.05, 0) is 23.6 Å². The molecule has 3 aromatic carbocycles. The van der Waals surface area contributed by atoms with Gasteiger partial charge >= 0.3 is 0 Å². The summed E-state index contributed by atoms with van der Waals surface area (Å²) in [5, 5.41) is 17.0. The van der Waals surface area contributed by atoms with E-state index in [4.69, 9.17) is 4.74 Å². The van der Waals surface area contributed by atoms with Crippen LogP contribution in [0.1, 0.15) is 5.56 Å². The Hall–Kier alpha value is -3.47. The topological polar surface area (TPSA) is 57.1 Å². The van der Waals surface area contributed by atoms with Gasteiger partial charge in [-0.2, -0.15) is 5.10 Å². The molecule has 0 atom stereocenters. The number of nitrogens with zero attached hydrogens (tertiary/aromatic N) is 2. The molecule has 0 bridgehead atoms. The van der Waals surface area contributed by atoms with Crippen molar-refractivity contribution in [3.63, 3.8) is 0 Å². The van der Waals surface area contributed by atoms with Gasteiger partial charge in [0.25, 0.3) is 0 Å². The average Bonchev–Trinajstić information content (AvgIpc) is 3.02. The van der Waals surface area contributed by atoms with Gasteiger partial charge in [-0.1, -0.05) is 43.0 Å². The van der Waals surface area contributed by atoms with Crippen LogP contribution in [0.15, 0.2) is 78.2 Å². The number of nitrogens with one attached hydrogen (secondary N) is 1. The molecule has 0 unspecified atom stereocenters. The second-order valence-electron chi connectivity index (χ2n) is 5.71. The van der Waals surface area contributed by atoms with Crippen LogP contribution < -0.4 is 15.1 Å². The lowest BCUT2D eigenvalue weighted by Crippen LogP contribution is -2.27. The molecule has 124 valence electrons. The number of hydrazone groups is 1. The SMILES string of the molecule is C=C1NN=C(c2ccc(OC)cc2O)N1c1cccc2ccccc12. The molecule has 1 heterocycles. The van der Waals surface area contributed by atoms with Crippen LogP contribution in [-0.4, -0.2) is 18.1 Å². The van der Waals surface area contributed by atoms with E-state index in [9.17, 15) is 5.11 Å². The number of anilines is 1. The Morgan fingerprint density at radius 2 is 1.88 bits per heavy atom. The maximum Gasteiger partial charge on any atom is 0.170 e. The number of fused-ring (bicyclic) bond motifs is 1. The number of rotatable bonds is 3. The van der Waals surface area contributed by atoms with Crippen LogP contribution in [0.5, 0.6) is 11.5 Å². The number of amidine groups is 1. The molecule has 0 amide bonds. The first-order valence-corrected chi connectivity index (χ1v) is 7.87. The highest BCUT2D eigenvalue weighted by Gasteiger charge is 2.27. The number of methoxy groups -OCH3 is 1. The van der Waals surface area contributed by atoms with E-state index in [2.05, 4.69) is 35.3 Å². The van der Waals surface area contributed by atoms with Gasteiger partial charge in [0.2, 0.25) is 0 Å². The molecule has 2 N–H and O–H groups in total. The van der Waals surface area contributed by atoms with E-state index in [-0.39, 0.29) is 5.75 Å². The van der Waals surface area contributed by atoms with Gasteiger partial charge in [0.1, 0.15) is 17.3 Å². The van der Waals surface area contributed by atoms with Crippen molar-refractivity contribution in [2.75, 3.05) is 12.0 Å². The Morgan fingerprint density at radius 1 is 1.08 bits per heavy atom. The second kappa shape index (κ2) is 5.87. The van der Waals surface area contributed by atoms with E-state index in [0.29, 0.717) is 23.0 Å². The number of aromatic hydroxyl groups is 1. The second-order valence-corrected chi connectivity index (χ2v) is 5.71. The summed E-state index contributed by atoms with van der Waals surface area (Å²) in [6, 6.07) is 19.3. The summed E-state index contributed by atoms with van der Waals surface area (Å²) < 4.78 is 5.16. The predicted octanol–water partition coefficient (Wildman–Crippen LogP) is 3.80. The Labute approximate surface area is 145 Å². The van der Waals surface area contributed by atoms with Crippen molar-refractivity contribution < 1.29 is 9.84 Å². The largest absolute Gasteiger partial charge is 0.507 e. The smallest absolute Gasteiger partial charge is 0.170 e. The zero-order valence-electron chi connectivity index (χ0n) is 13.7. The van der Waals surface area contributed by atoms with Gasteiger partial charge in [0.15, 0.2) is 5.84 Å². The Bertz CT molecular complexity index is 1010. The highest BCUT2D eigenvalue weighted by molar-refractivity contribution is 6.17. The van der Waals surface area contributed by atoms with E-state index >= 15 is 0 Å². The molecule has 5 nitrogen and oxygen atoms in total. The lowest BCUT2D eigenvalue weighted by molar-refractivity contribution is 0.407. The van der Waals surface area contributed by atoms with Gasteiger partial charge < -0.3 is 9.84 Å². The first kappa shape index (κ1) is 15.1. The van der Waals surface area contributed by atoms with Crippen molar-refractivity contribution in [1.29, 1.82) is 0 Å². The normalized spacial score (nSPS) is 13.7. The summed E-state index contributed by atoms with van der Waals surface area (Å²) in [6.45, 7) is 4.05. The van der Waals surface area contributed by atoms with Crippen LogP contribution in [-0.2, 0) is 0 Å². The van der Waals surface area contributed by atoms with Crippen molar-refractivity contribution in [2.24, 2.45) is 5.10 Å². The number of hydrogen-bond acceptors (Lipinski definition) is 5. The summed E-state index contributed by atoms with van der Waals surface area (Å²) in [4.78, 5) is 1.91. The zero-order valence-corrected chi connectivity index (χ0v) is 13.7. The average molecular weight is 331 g/mol. The monoisotopic (exact) mass is 331 g/mol. The van der Waals surface area contributed by atoms with Gasteiger partial charge in [0, 0.05) is 11.5 Å². The quantitative estimate of drug-likeness (QED) is 0.766. The first-order valence-electron chi connectivity index (χ1n) is 7.87. The van der Waals surface area contributed by atoms with Gasteiger partial charge in [0.05, 0.1) is 18.4 Å². The third kappa shape index (κ3) is 2.46. The third-order valence-corrected chi connectivity index (χ3v) is 4.23. The maximum atomic E-state index is 10.4. The highest BCUT2D eigenvalue weighted by Crippen LogP contribution is 2.34. The van der Waals surface area contributed by atoms with E-state index in [1.807, 2.05) is 29.2 Å². The number of phenolic OH excluding ortho intramolecular Hbond substituents is 1. The number of ether oxygens (including phenoxy) is 1. The predicted molar refractivity (Wildman–Crippen MR) is 99.9 cm³/mol. The van der Waals surface area contributed by atoms with E-state index in [1.54, 1.807) is 25.3 Å². The summed E-state index contributed by atoms with van der Waals surface area (Å²) >= 11 is 0. The molecule has 3 aromatic rings. The lowest BCUT2D eigenvalue weighted by Gasteiger charge is -2.22. The van der Waals surface area contributed by atoms with Crippen molar-refractivity contribution in [2.45, 2.75) is 0 Å². The molecule has 0 fully saturated rings. The van der Waals surface area contributed by atoms with Crippen LogP contribution in [0.4, 0.5) is 5.69 Å². The maximum absolute atomic E-state index is 10.4. The minimum absolute atomic E-state index is 0.0971. The molecule has 25 heavy (non-hydrogen) atoms. The fourth-order valence-corrected chi connectivity index (χ4v) is 3.02. The van der Waals surface area contributed by atoms with Crippen LogP contribution in [0.25, 0.3) is 10.8 Å². The minimum Gasteiger partial charge on any atom is -0.507 e. The number of phenols is 1. The summed E-state index contributed by atoms with van der Waals surface area (Å²) in [7, 11) is 1.56. The minimum atomic E-state index is 0.0971. The van der Waals surface area contributed by atoms with Crippen LogP contribution >= 0.6 is 0 Å². The molecular formula is C20H17N3O2. The fourth-order valence-electron chi connectivity index (χ4n) is 3.02. The molecule has 4 rings (SSSR count). The lowest BCUT2D eigenvalue weighted by atomic mass is 10.1. The molecule has 0 aliphatic carbocycles. The fraction of sp³-hybridized carbons (Fsp3) is 0.0500. The van der Waals surface area contributed by atoms with Crippen LogP contribution in [0, 0.1) is 0 Å². The van der Waals surface area contributed by atoms with Crippen molar-refractivity contribution in [3.8, 4) is 11.5 Å². The number of benzene rings is 3. The third-order valence-electron chi connectivity index (χ3n) is 4.23. The Kier molecular flexibility index (Phi) is 3.54. The van der Waals surface area contributed by atoms with Crippen molar-refractivity contribution in [3.05, 3.63) is 78.6 Å². The Morgan fingerprint density at radius 3 is 2.68 bits per heavy atom. The van der Waals surface area contributed by atoms with Gasteiger partial charge in [-0.15, -0.1) is 0 Å². The molecule has 5 heteroatoms. The number of hydrogen-bond donors (Lipinski definition) is 2. The van der Waals surface area contributed by atoms with Gasteiger partial charge in [-0.25, -0.2) is 0 Å². The van der Waals surface area contributed by atoms with Gasteiger partial charge in [-0.3, -0.25) is 10.3 Å². The summed E-state index contributed by atoms with van der Waals surface area (Å²) in [6.07, 6.45) is 0. The van der Waals surface area contributed by atoms with Crippen molar-refractivity contribution >= 4 is 22.3 Å². The molecule has 1 aliphatic heterocycles. The summed E-state index contributed by atoms with van der Waals surface area (Å²) in [5.41, 5.74) is 4.46. The highest BCUT2D eigenvalue weighted by atomic mass is 16.5. The molecule has 0 radical (unpaired) electrons. The van der Waals surface area contributed by atoms with Crippen LogP contribution in [0.2, 0.25) is 0 Å². The van der Waals surface area contributed by atoms with Crippen molar-refractivity contribution in [1.82, 2.24) is 5.43 Å². The molecular weight excluding hydrogens is 314 g/mol.